The first-order chi connectivity index (χ1) is 23.4. The molecule has 13 nitrogen and oxygen atoms in total. The van der Waals surface area contributed by atoms with Gasteiger partial charge in [0, 0.05) is 43.4 Å². The van der Waals surface area contributed by atoms with Crippen LogP contribution >= 0.6 is 0 Å². The van der Waals surface area contributed by atoms with E-state index in [0.717, 1.165) is 16.7 Å². The molecule has 3 aromatic carbocycles. The minimum absolute atomic E-state index is 0.0885. The number of anilines is 2. The number of alkyl carbamates (subject to hydrolysis) is 1. The number of aliphatic hydroxyl groups excluding tert-OH is 2. The number of carbonyl (C=O) groups is 3. The molecular weight excluding hydrogens is 632 g/mol. The van der Waals surface area contributed by atoms with Crippen LogP contribution in [-0.4, -0.2) is 66.2 Å². The van der Waals surface area contributed by atoms with Crippen molar-refractivity contribution in [2.75, 3.05) is 30.5 Å². The van der Waals surface area contributed by atoms with Crippen molar-refractivity contribution < 1.29 is 43.5 Å². The predicted octanol–water partition coefficient (Wildman–Crippen LogP) is 5.04. The molecule has 0 bridgehead atoms. The van der Waals surface area contributed by atoms with Gasteiger partial charge < -0.3 is 39.8 Å². The Bertz CT molecular complexity index is 1590. The Kier molecular flexibility index (Phi) is 15.0. The lowest BCUT2D eigenvalue weighted by Gasteiger charge is -2.21. The van der Waals surface area contributed by atoms with Crippen molar-refractivity contribution >= 4 is 35.2 Å². The minimum Gasteiger partial charge on any atom is -0.491 e. The molecule has 3 aromatic rings. The summed E-state index contributed by atoms with van der Waals surface area (Å²) in [6.07, 6.45) is -1.10. The summed E-state index contributed by atoms with van der Waals surface area (Å²) in [5.74, 6) is -0.446. The highest BCUT2D eigenvalue weighted by Gasteiger charge is 2.18. The molecule has 0 radical (unpaired) electrons. The van der Waals surface area contributed by atoms with Crippen LogP contribution in [0, 0.1) is 12.3 Å². The van der Waals surface area contributed by atoms with E-state index in [0.29, 0.717) is 59.8 Å². The average molecular weight is 679 g/mol. The fraction of sp³-hybridized carbons (Fsp3) is 0.389. The lowest BCUT2D eigenvalue weighted by Crippen LogP contribution is -2.32. The molecule has 1 atom stereocenters. The number of rotatable bonds is 17. The van der Waals surface area contributed by atoms with E-state index >= 15 is 0 Å². The van der Waals surface area contributed by atoms with E-state index in [1.54, 1.807) is 36.4 Å². The van der Waals surface area contributed by atoms with E-state index in [9.17, 15) is 24.6 Å². The molecule has 0 spiro atoms. The number of hydrogen-bond acceptors (Lipinski definition) is 11. The van der Waals surface area contributed by atoms with Gasteiger partial charge in [0.1, 0.15) is 24.8 Å². The summed E-state index contributed by atoms with van der Waals surface area (Å²) < 4.78 is 21.0. The van der Waals surface area contributed by atoms with Crippen LogP contribution in [0.25, 0.3) is 0 Å². The predicted molar refractivity (Wildman–Crippen MR) is 185 cm³/mol. The number of benzene rings is 3. The number of amides is 2. The van der Waals surface area contributed by atoms with Crippen LogP contribution in [0.3, 0.4) is 0 Å². The van der Waals surface area contributed by atoms with Gasteiger partial charge in [-0.25, -0.2) is 4.79 Å². The number of amidine groups is 1. The van der Waals surface area contributed by atoms with Crippen LogP contribution in [0.1, 0.15) is 72.3 Å². The van der Waals surface area contributed by atoms with Gasteiger partial charge in [0.2, 0.25) is 0 Å². The number of aryl methyl sites for hydroxylation is 1. The Morgan fingerprint density at radius 1 is 0.980 bits per heavy atom. The summed E-state index contributed by atoms with van der Waals surface area (Å²) in [6.45, 7) is 9.05. The zero-order valence-electron chi connectivity index (χ0n) is 28.6. The monoisotopic (exact) mass is 678 g/mol. The Hall–Kier alpha value is -4.98. The summed E-state index contributed by atoms with van der Waals surface area (Å²) >= 11 is 0. The number of aliphatic hydroxyl groups is 2. The second kappa shape index (κ2) is 19.1. The van der Waals surface area contributed by atoms with E-state index in [1.807, 2.05) is 45.9 Å². The maximum absolute atomic E-state index is 13.5. The largest absolute Gasteiger partial charge is 0.491 e. The molecule has 0 aromatic heterocycles. The molecule has 0 saturated heterocycles. The lowest BCUT2D eigenvalue weighted by molar-refractivity contribution is -0.141. The van der Waals surface area contributed by atoms with Crippen LogP contribution in [0.4, 0.5) is 16.2 Å². The van der Waals surface area contributed by atoms with E-state index in [-0.39, 0.29) is 37.7 Å². The van der Waals surface area contributed by atoms with Gasteiger partial charge in [0.25, 0.3) is 5.91 Å². The van der Waals surface area contributed by atoms with Crippen LogP contribution in [0.15, 0.2) is 54.6 Å². The van der Waals surface area contributed by atoms with Crippen molar-refractivity contribution in [3.05, 3.63) is 88.0 Å². The molecule has 6 N–H and O–H groups in total. The Morgan fingerprint density at radius 2 is 1.69 bits per heavy atom. The Balaban J connectivity index is 1.74. The second-order valence-electron chi connectivity index (χ2n) is 11.4. The van der Waals surface area contributed by atoms with Gasteiger partial charge in [-0.2, -0.15) is 0 Å². The van der Waals surface area contributed by atoms with Gasteiger partial charge >= 0.3 is 12.1 Å². The summed E-state index contributed by atoms with van der Waals surface area (Å²) in [5, 5.41) is 36.9. The molecule has 0 aliphatic rings. The lowest BCUT2D eigenvalue weighted by atomic mass is 9.98. The van der Waals surface area contributed by atoms with Crippen LogP contribution in [0.5, 0.6) is 5.75 Å². The number of carbonyl (C=O) groups excluding carboxylic acids is 3. The van der Waals surface area contributed by atoms with Gasteiger partial charge in [0.15, 0.2) is 6.29 Å². The highest BCUT2D eigenvalue weighted by Crippen LogP contribution is 2.30. The van der Waals surface area contributed by atoms with Crippen molar-refractivity contribution in [1.29, 1.82) is 5.41 Å². The first-order valence-corrected chi connectivity index (χ1v) is 16.0. The van der Waals surface area contributed by atoms with Gasteiger partial charge in [-0.05, 0) is 93.3 Å². The normalized spacial score (nSPS) is 11.4. The summed E-state index contributed by atoms with van der Waals surface area (Å²) in [4.78, 5) is 36.2. The van der Waals surface area contributed by atoms with E-state index < -0.39 is 18.4 Å². The van der Waals surface area contributed by atoms with Crippen LogP contribution < -0.4 is 20.7 Å². The Labute approximate surface area is 286 Å². The van der Waals surface area contributed by atoms with Crippen molar-refractivity contribution in [2.45, 2.75) is 73.0 Å². The summed E-state index contributed by atoms with van der Waals surface area (Å²) in [6, 6.07) is 15.5. The second-order valence-corrected chi connectivity index (χ2v) is 11.4. The number of hydrogen-bond donors (Lipinski definition) is 6. The van der Waals surface area contributed by atoms with Crippen LogP contribution in [0.2, 0.25) is 0 Å². The molecule has 13 heteroatoms. The molecule has 264 valence electrons. The summed E-state index contributed by atoms with van der Waals surface area (Å²) in [5.41, 5.74) is 5.10. The topological polar surface area (TPSA) is 189 Å². The fourth-order valence-electron chi connectivity index (χ4n) is 4.84. The maximum atomic E-state index is 13.5. The standard InChI is InChI=1S/C36H46N4O9/c1-6-46-33(43)14-12-29-27(18-25(21-41)19-32(29)49-22(2)3)20-38-31-13-7-23(4)17-30(31)35(44)39-28-10-8-26(9-11-28)34(37)40-36(45)48-16-15-47-24(5)42/h7-11,13,17-19,22,33,38,41,43H,6,12,14-16,20-21H2,1-5H3,(H,39,44)(H2,37,40,45). The molecule has 0 aliphatic heterocycles. The van der Waals surface area contributed by atoms with E-state index in [4.69, 9.17) is 24.4 Å². The molecule has 1 unspecified atom stereocenters. The van der Waals surface area contributed by atoms with E-state index in [1.165, 1.54) is 6.92 Å². The third-order valence-electron chi connectivity index (χ3n) is 7.08. The molecule has 0 heterocycles. The maximum Gasteiger partial charge on any atom is 0.412 e. The zero-order valence-corrected chi connectivity index (χ0v) is 28.6. The van der Waals surface area contributed by atoms with Gasteiger partial charge in [-0.1, -0.05) is 17.7 Å². The highest BCUT2D eigenvalue weighted by atomic mass is 16.6. The van der Waals surface area contributed by atoms with Gasteiger partial charge in [-0.15, -0.1) is 0 Å². The van der Waals surface area contributed by atoms with Crippen molar-refractivity contribution in [3.63, 3.8) is 0 Å². The first kappa shape index (κ1) is 38.5. The minimum atomic E-state index is -0.931. The third kappa shape index (κ3) is 12.5. The number of esters is 1. The smallest absolute Gasteiger partial charge is 0.412 e. The molecule has 49 heavy (non-hydrogen) atoms. The molecule has 0 saturated carbocycles. The SMILES string of the molecule is CCOC(O)CCc1c(CNc2ccc(C)cc2C(=O)Nc2ccc(C(=N)NC(=O)OCCOC(C)=O)cc2)cc(CO)cc1OC(C)C. The molecule has 3 rings (SSSR count). The first-order valence-electron chi connectivity index (χ1n) is 16.0. The molecular formula is C36H46N4O9. The molecule has 2 amide bonds. The highest BCUT2D eigenvalue weighted by molar-refractivity contribution is 6.09. The van der Waals surface area contributed by atoms with Gasteiger partial charge in [-0.3, -0.25) is 20.3 Å². The number of ether oxygens (including phenoxy) is 4. The Morgan fingerprint density at radius 3 is 2.35 bits per heavy atom. The third-order valence-corrected chi connectivity index (χ3v) is 7.08. The fourth-order valence-corrected chi connectivity index (χ4v) is 4.84. The van der Waals surface area contributed by atoms with E-state index in [2.05, 4.69) is 16.0 Å². The molecule has 0 aliphatic carbocycles. The van der Waals surface area contributed by atoms with Crippen molar-refractivity contribution in [2.24, 2.45) is 0 Å². The quantitative estimate of drug-likeness (QED) is 0.0371. The van der Waals surface area contributed by atoms with Crippen LogP contribution in [-0.2, 0) is 38.6 Å². The van der Waals surface area contributed by atoms with Crippen molar-refractivity contribution in [3.8, 4) is 5.75 Å². The molecule has 0 fully saturated rings. The summed E-state index contributed by atoms with van der Waals surface area (Å²) in [7, 11) is 0. The number of nitrogens with one attached hydrogen (secondary N) is 4. The van der Waals surface area contributed by atoms with Crippen molar-refractivity contribution in [1.82, 2.24) is 5.32 Å². The van der Waals surface area contributed by atoms with Gasteiger partial charge in [0.05, 0.1) is 18.3 Å². The zero-order chi connectivity index (χ0) is 35.9. The average Bonchev–Trinajstić information content (AvgIpc) is 3.05.